The van der Waals surface area contributed by atoms with E-state index in [2.05, 4.69) is 0 Å². The Kier molecular flexibility index (Phi) is 2.08. The largest absolute Gasteiger partial charge is 0.294 e. The molecule has 0 aromatic heterocycles. The molecule has 2 rings (SSSR count). The number of Topliss-reactive ketones (excluding diaryl/α,β-unsaturated/α-hetero) is 2. The molecule has 3 heteroatoms. The fourth-order valence-corrected chi connectivity index (χ4v) is 1.61. The summed E-state index contributed by atoms with van der Waals surface area (Å²) in [4.78, 5) is 34.1. The lowest BCUT2D eigenvalue weighted by Gasteiger charge is -2.13. The smallest absolute Gasteiger partial charge is 0.233 e. The molecule has 0 spiro atoms. The van der Waals surface area contributed by atoms with Crippen molar-refractivity contribution >= 4 is 22.9 Å². The van der Waals surface area contributed by atoms with Gasteiger partial charge in [-0.15, -0.1) is 0 Å². The van der Waals surface area contributed by atoms with Gasteiger partial charge in [0.25, 0.3) is 0 Å². The topological polar surface area (TPSA) is 51.2 Å². The summed E-state index contributed by atoms with van der Waals surface area (Å²) in [6, 6.07) is 6.64. The Morgan fingerprint density at radius 1 is 1.07 bits per heavy atom. The minimum absolute atomic E-state index is 0.205. The Bertz CT molecular complexity index is 509. The molecule has 0 unspecified atom stereocenters. The van der Waals surface area contributed by atoms with Crippen LogP contribution in [0.15, 0.2) is 30.3 Å². The van der Waals surface area contributed by atoms with Gasteiger partial charge in [0.15, 0.2) is 5.78 Å². The summed E-state index contributed by atoms with van der Waals surface area (Å²) in [6.07, 6.45) is 1.12. The maximum Gasteiger partial charge on any atom is 0.233 e. The van der Waals surface area contributed by atoms with E-state index < -0.39 is 11.6 Å². The fourth-order valence-electron chi connectivity index (χ4n) is 1.61. The Morgan fingerprint density at radius 2 is 1.67 bits per heavy atom. The van der Waals surface area contributed by atoms with Crippen LogP contribution in [-0.2, 0) is 9.59 Å². The van der Waals surface area contributed by atoms with Crippen molar-refractivity contribution < 1.29 is 14.4 Å². The summed E-state index contributed by atoms with van der Waals surface area (Å²) in [6.45, 7) is 1.38. The van der Waals surface area contributed by atoms with E-state index in [9.17, 15) is 14.4 Å². The minimum Gasteiger partial charge on any atom is -0.294 e. The number of carbonyl (C=O) groups is 3. The van der Waals surface area contributed by atoms with Gasteiger partial charge < -0.3 is 0 Å². The molecule has 1 aliphatic rings. The van der Waals surface area contributed by atoms with Crippen LogP contribution in [0, 0.1) is 0 Å². The number of rotatable bonds is 1. The van der Waals surface area contributed by atoms with Crippen molar-refractivity contribution in [1.29, 1.82) is 0 Å². The zero-order valence-corrected chi connectivity index (χ0v) is 8.11. The van der Waals surface area contributed by atoms with E-state index in [1.54, 1.807) is 24.3 Å². The number of hydrogen-bond donors (Lipinski definition) is 0. The van der Waals surface area contributed by atoms with Crippen LogP contribution in [0.5, 0.6) is 0 Å². The van der Waals surface area contributed by atoms with Crippen LogP contribution in [0.3, 0.4) is 0 Å². The molecule has 0 radical (unpaired) electrons. The first-order valence-corrected chi connectivity index (χ1v) is 4.52. The first kappa shape index (κ1) is 9.52. The third-order valence-electron chi connectivity index (χ3n) is 2.34. The monoisotopic (exact) mass is 200 g/mol. The summed E-state index contributed by atoms with van der Waals surface area (Å²) in [7, 11) is 0. The molecular weight excluding hydrogens is 192 g/mol. The van der Waals surface area contributed by atoms with Gasteiger partial charge in [0.05, 0.1) is 0 Å². The molecule has 1 aliphatic carbocycles. The van der Waals surface area contributed by atoms with E-state index in [0.29, 0.717) is 16.7 Å². The van der Waals surface area contributed by atoms with Crippen molar-refractivity contribution in [3.63, 3.8) is 0 Å². The van der Waals surface area contributed by atoms with E-state index in [-0.39, 0.29) is 5.78 Å². The molecule has 1 aromatic carbocycles. The van der Waals surface area contributed by atoms with Gasteiger partial charge in [-0.05, 0) is 12.5 Å². The maximum absolute atomic E-state index is 11.5. The number of fused-ring (bicyclic) bond motifs is 1. The third-order valence-corrected chi connectivity index (χ3v) is 2.34. The third kappa shape index (κ3) is 1.42. The van der Waals surface area contributed by atoms with Crippen molar-refractivity contribution in [1.82, 2.24) is 0 Å². The van der Waals surface area contributed by atoms with E-state index >= 15 is 0 Å². The zero-order chi connectivity index (χ0) is 11.0. The molecule has 3 nitrogen and oxygen atoms in total. The van der Waals surface area contributed by atoms with Gasteiger partial charge in [-0.3, -0.25) is 14.4 Å². The van der Waals surface area contributed by atoms with Crippen LogP contribution in [0.2, 0.25) is 0 Å². The van der Waals surface area contributed by atoms with Gasteiger partial charge in [0.1, 0.15) is 0 Å². The number of ketones is 3. The molecule has 0 fully saturated rings. The maximum atomic E-state index is 11.5. The average molecular weight is 200 g/mol. The van der Waals surface area contributed by atoms with Gasteiger partial charge in [-0.2, -0.15) is 0 Å². The molecule has 0 bridgehead atoms. The molecule has 1 aromatic rings. The lowest BCUT2D eigenvalue weighted by Crippen LogP contribution is -2.20. The summed E-state index contributed by atoms with van der Waals surface area (Å²) >= 11 is 0. The first-order valence-electron chi connectivity index (χ1n) is 4.52. The van der Waals surface area contributed by atoms with Gasteiger partial charge in [-0.25, -0.2) is 0 Å². The average Bonchev–Trinajstić information content (AvgIpc) is 2.23. The number of carbonyl (C=O) groups excluding carboxylic acids is 3. The predicted octanol–water partition coefficient (Wildman–Crippen LogP) is 1.42. The van der Waals surface area contributed by atoms with Crippen molar-refractivity contribution in [3.8, 4) is 0 Å². The lowest BCUT2D eigenvalue weighted by molar-refractivity contribution is -0.113. The predicted molar refractivity (Wildman–Crippen MR) is 54.4 cm³/mol. The summed E-state index contributed by atoms with van der Waals surface area (Å²) in [5.74, 6) is -1.38. The standard InChI is InChI=1S/C12H8O3/c1-7(13)10-6-11(14)12(15)9-5-3-2-4-8(9)10/h2-6H,1H3. The highest BCUT2D eigenvalue weighted by Gasteiger charge is 2.26. The molecule has 0 heterocycles. The quantitative estimate of drug-likeness (QED) is 0.644. The second-order valence-corrected chi connectivity index (χ2v) is 3.35. The summed E-state index contributed by atoms with van der Waals surface area (Å²) < 4.78 is 0. The van der Waals surface area contributed by atoms with E-state index in [1.807, 2.05) is 0 Å². The summed E-state index contributed by atoms with van der Waals surface area (Å²) in [5.41, 5.74) is 1.18. The van der Waals surface area contributed by atoms with Crippen LogP contribution in [0.4, 0.5) is 0 Å². The molecular formula is C12H8O3. The van der Waals surface area contributed by atoms with Gasteiger partial charge in [0, 0.05) is 17.2 Å². The zero-order valence-electron chi connectivity index (χ0n) is 8.11. The molecule has 15 heavy (non-hydrogen) atoms. The van der Waals surface area contributed by atoms with Gasteiger partial charge in [0.2, 0.25) is 11.6 Å². The highest BCUT2D eigenvalue weighted by atomic mass is 16.2. The number of allylic oxidation sites excluding steroid dienone is 2. The second kappa shape index (κ2) is 3.28. The van der Waals surface area contributed by atoms with Crippen molar-refractivity contribution in [2.45, 2.75) is 6.92 Å². The normalized spacial score (nSPS) is 14.6. The minimum atomic E-state index is -0.626. The SMILES string of the molecule is CC(=O)C1=CC(=O)C(=O)c2ccccc21. The Hall–Kier alpha value is -2.03. The van der Waals surface area contributed by atoms with Crippen LogP contribution in [0.1, 0.15) is 22.8 Å². The van der Waals surface area contributed by atoms with Gasteiger partial charge in [-0.1, -0.05) is 24.3 Å². The molecule has 0 saturated carbocycles. The van der Waals surface area contributed by atoms with Gasteiger partial charge >= 0.3 is 0 Å². The van der Waals surface area contributed by atoms with Crippen LogP contribution in [0.25, 0.3) is 5.57 Å². The molecule has 74 valence electrons. The molecule has 0 saturated heterocycles. The number of hydrogen-bond acceptors (Lipinski definition) is 3. The van der Waals surface area contributed by atoms with Crippen LogP contribution in [-0.4, -0.2) is 17.3 Å². The Balaban J connectivity index is 2.71. The van der Waals surface area contributed by atoms with Crippen LogP contribution >= 0.6 is 0 Å². The highest BCUT2D eigenvalue weighted by Crippen LogP contribution is 2.25. The van der Waals surface area contributed by atoms with E-state index in [1.165, 1.54) is 6.92 Å². The van der Waals surface area contributed by atoms with E-state index in [4.69, 9.17) is 0 Å². The molecule has 0 aliphatic heterocycles. The van der Waals surface area contributed by atoms with Crippen molar-refractivity contribution in [2.24, 2.45) is 0 Å². The number of benzene rings is 1. The summed E-state index contributed by atoms with van der Waals surface area (Å²) in [5, 5.41) is 0. The molecule has 0 N–H and O–H groups in total. The highest BCUT2D eigenvalue weighted by molar-refractivity contribution is 6.53. The Labute approximate surface area is 86.4 Å². The second-order valence-electron chi connectivity index (χ2n) is 3.35. The van der Waals surface area contributed by atoms with Crippen molar-refractivity contribution in [2.75, 3.05) is 0 Å². The first-order chi connectivity index (χ1) is 7.11. The van der Waals surface area contributed by atoms with Crippen molar-refractivity contribution in [3.05, 3.63) is 41.5 Å². The lowest BCUT2D eigenvalue weighted by atomic mass is 9.88. The van der Waals surface area contributed by atoms with Crippen LogP contribution < -0.4 is 0 Å². The van der Waals surface area contributed by atoms with E-state index in [0.717, 1.165) is 6.08 Å². The Morgan fingerprint density at radius 3 is 2.27 bits per heavy atom. The molecule has 0 atom stereocenters. The molecule has 0 amide bonds. The fraction of sp³-hybridized carbons (Fsp3) is 0.0833.